The minimum atomic E-state index is -1.06. The monoisotopic (exact) mass is 238 g/mol. The minimum Gasteiger partial charge on any atom is -0.505 e. The lowest BCUT2D eigenvalue weighted by molar-refractivity contribution is -0.137. The summed E-state index contributed by atoms with van der Waals surface area (Å²) >= 11 is 0. The SMILES string of the molecule is Cc1ncc(CO)c(C=NC(C)C(=O)O)c1O. The van der Waals surface area contributed by atoms with Crippen LogP contribution in [0.3, 0.4) is 0 Å². The molecule has 0 aromatic carbocycles. The van der Waals surface area contributed by atoms with Crippen molar-refractivity contribution in [3.05, 3.63) is 23.0 Å². The Morgan fingerprint density at radius 2 is 2.29 bits per heavy atom. The third-order valence-electron chi connectivity index (χ3n) is 2.31. The van der Waals surface area contributed by atoms with Gasteiger partial charge in [-0.05, 0) is 13.8 Å². The molecule has 0 aliphatic carbocycles. The topological polar surface area (TPSA) is 103 Å². The Balaban J connectivity index is 3.12. The number of aliphatic carboxylic acids is 1. The van der Waals surface area contributed by atoms with Crippen LogP contribution in [0, 0.1) is 6.92 Å². The fraction of sp³-hybridized carbons (Fsp3) is 0.364. The van der Waals surface area contributed by atoms with Crippen LogP contribution in [0.25, 0.3) is 0 Å². The number of aliphatic hydroxyl groups is 1. The third-order valence-corrected chi connectivity index (χ3v) is 2.31. The van der Waals surface area contributed by atoms with E-state index in [9.17, 15) is 9.90 Å². The van der Waals surface area contributed by atoms with Crippen molar-refractivity contribution in [2.75, 3.05) is 0 Å². The number of carboxylic acid groups (broad SMARTS) is 1. The summed E-state index contributed by atoms with van der Waals surface area (Å²) in [5, 5.41) is 27.5. The van der Waals surface area contributed by atoms with Gasteiger partial charge >= 0.3 is 5.97 Å². The number of aliphatic hydroxyl groups excluding tert-OH is 1. The molecule has 1 rings (SSSR count). The van der Waals surface area contributed by atoms with Gasteiger partial charge in [0.2, 0.25) is 0 Å². The molecule has 0 amide bonds. The van der Waals surface area contributed by atoms with E-state index >= 15 is 0 Å². The summed E-state index contributed by atoms with van der Waals surface area (Å²) in [7, 11) is 0. The van der Waals surface area contributed by atoms with Crippen LogP contribution in [0.1, 0.15) is 23.7 Å². The first-order valence-corrected chi connectivity index (χ1v) is 5.01. The highest BCUT2D eigenvalue weighted by molar-refractivity contribution is 5.87. The molecule has 0 spiro atoms. The molecule has 0 saturated carbocycles. The summed E-state index contributed by atoms with van der Waals surface area (Å²) < 4.78 is 0. The van der Waals surface area contributed by atoms with Crippen molar-refractivity contribution in [2.24, 2.45) is 4.99 Å². The lowest BCUT2D eigenvalue weighted by Crippen LogP contribution is -2.13. The zero-order valence-corrected chi connectivity index (χ0v) is 9.58. The standard InChI is InChI=1S/C11H14N2O4/c1-6-10(15)9(8(5-14)3-12-6)4-13-7(2)11(16)17/h3-4,7,14-15H,5H2,1-2H3,(H,16,17). The van der Waals surface area contributed by atoms with E-state index < -0.39 is 12.0 Å². The predicted octanol–water partition coefficient (Wildman–Crippen LogP) is 0.480. The summed E-state index contributed by atoms with van der Waals surface area (Å²) in [6, 6.07) is -0.908. The van der Waals surface area contributed by atoms with E-state index in [2.05, 4.69) is 9.98 Å². The van der Waals surface area contributed by atoms with E-state index in [1.54, 1.807) is 6.92 Å². The average molecular weight is 238 g/mol. The molecule has 17 heavy (non-hydrogen) atoms. The van der Waals surface area contributed by atoms with Crippen molar-refractivity contribution >= 4 is 12.2 Å². The van der Waals surface area contributed by atoms with Gasteiger partial charge in [0, 0.05) is 23.5 Å². The van der Waals surface area contributed by atoms with Crippen molar-refractivity contribution < 1.29 is 20.1 Å². The molecule has 1 unspecified atom stereocenters. The summed E-state index contributed by atoms with van der Waals surface area (Å²) in [5.74, 6) is -1.16. The fourth-order valence-electron chi connectivity index (χ4n) is 1.17. The van der Waals surface area contributed by atoms with E-state index in [4.69, 9.17) is 10.2 Å². The van der Waals surface area contributed by atoms with Crippen LogP contribution in [0.2, 0.25) is 0 Å². The summed E-state index contributed by atoms with van der Waals surface area (Å²) in [6.07, 6.45) is 2.66. The maximum absolute atomic E-state index is 10.6. The number of rotatable bonds is 4. The Morgan fingerprint density at radius 1 is 1.65 bits per heavy atom. The predicted molar refractivity (Wildman–Crippen MR) is 61.3 cm³/mol. The second-order valence-electron chi connectivity index (χ2n) is 3.58. The zero-order valence-electron chi connectivity index (χ0n) is 9.58. The van der Waals surface area contributed by atoms with Crippen molar-refractivity contribution in [3.8, 4) is 5.75 Å². The molecule has 0 radical (unpaired) electrons. The van der Waals surface area contributed by atoms with Gasteiger partial charge in [-0.1, -0.05) is 0 Å². The van der Waals surface area contributed by atoms with Crippen LogP contribution < -0.4 is 0 Å². The number of aromatic nitrogens is 1. The molecule has 0 bridgehead atoms. The highest BCUT2D eigenvalue weighted by Gasteiger charge is 2.11. The maximum Gasteiger partial charge on any atom is 0.328 e. The number of carboxylic acids is 1. The van der Waals surface area contributed by atoms with Crippen LogP contribution in [0.4, 0.5) is 0 Å². The highest BCUT2D eigenvalue weighted by atomic mass is 16.4. The Hall–Kier alpha value is -1.95. The molecule has 1 aromatic rings. The molecular formula is C11H14N2O4. The number of aryl methyl sites for hydroxylation is 1. The van der Waals surface area contributed by atoms with E-state index in [1.165, 1.54) is 19.3 Å². The quantitative estimate of drug-likeness (QED) is 0.662. The van der Waals surface area contributed by atoms with E-state index in [1.807, 2.05) is 0 Å². The number of aliphatic imine (C=N–C) groups is 1. The van der Waals surface area contributed by atoms with Crippen LogP contribution in [-0.4, -0.2) is 38.5 Å². The Morgan fingerprint density at radius 3 is 2.82 bits per heavy atom. The Bertz CT molecular complexity index is 457. The van der Waals surface area contributed by atoms with Crippen LogP contribution >= 0.6 is 0 Å². The van der Waals surface area contributed by atoms with E-state index in [0.717, 1.165) is 0 Å². The number of nitrogens with zero attached hydrogens (tertiary/aromatic N) is 2. The molecule has 3 N–H and O–H groups in total. The maximum atomic E-state index is 10.6. The van der Waals surface area contributed by atoms with Crippen LogP contribution in [0.5, 0.6) is 5.75 Å². The Kier molecular flexibility index (Phi) is 4.17. The number of carbonyl (C=O) groups is 1. The zero-order chi connectivity index (χ0) is 13.0. The van der Waals surface area contributed by atoms with Gasteiger partial charge in [-0.2, -0.15) is 0 Å². The van der Waals surface area contributed by atoms with Gasteiger partial charge in [0.25, 0.3) is 0 Å². The molecule has 0 saturated heterocycles. The largest absolute Gasteiger partial charge is 0.505 e. The number of hydrogen-bond acceptors (Lipinski definition) is 5. The second-order valence-corrected chi connectivity index (χ2v) is 3.58. The first-order chi connectivity index (χ1) is 7.97. The molecule has 6 heteroatoms. The molecule has 1 aromatic heterocycles. The van der Waals surface area contributed by atoms with Gasteiger partial charge in [0.05, 0.1) is 12.3 Å². The normalized spacial score (nSPS) is 12.9. The van der Waals surface area contributed by atoms with E-state index in [0.29, 0.717) is 16.8 Å². The molecule has 6 nitrogen and oxygen atoms in total. The van der Waals surface area contributed by atoms with Crippen LogP contribution in [-0.2, 0) is 11.4 Å². The summed E-state index contributed by atoms with van der Waals surface area (Å²) in [4.78, 5) is 18.3. The first kappa shape index (κ1) is 13.1. The van der Waals surface area contributed by atoms with Gasteiger partial charge in [-0.15, -0.1) is 0 Å². The number of hydrogen-bond donors (Lipinski definition) is 3. The molecule has 1 atom stereocenters. The highest BCUT2D eigenvalue weighted by Crippen LogP contribution is 2.22. The molecule has 0 aliphatic heterocycles. The molecule has 0 aliphatic rings. The van der Waals surface area contributed by atoms with Crippen molar-refractivity contribution in [1.29, 1.82) is 0 Å². The van der Waals surface area contributed by atoms with Gasteiger partial charge in [-0.25, -0.2) is 4.79 Å². The van der Waals surface area contributed by atoms with Crippen LogP contribution in [0.15, 0.2) is 11.2 Å². The molecule has 0 fully saturated rings. The lowest BCUT2D eigenvalue weighted by Gasteiger charge is -2.07. The average Bonchev–Trinajstić information content (AvgIpc) is 2.30. The smallest absolute Gasteiger partial charge is 0.328 e. The lowest BCUT2D eigenvalue weighted by atomic mass is 10.1. The van der Waals surface area contributed by atoms with Gasteiger partial charge in [-0.3, -0.25) is 9.98 Å². The molecule has 92 valence electrons. The number of aromatic hydroxyl groups is 1. The summed E-state index contributed by atoms with van der Waals surface area (Å²) in [5.41, 5.74) is 1.09. The fourth-order valence-corrected chi connectivity index (χ4v) is 1.17. The Labute approximate surface area is 98.3 Å². The number of pyridine rings is 1. The van der Waals surface area contributed by atoms with Gasteiger partial charge in [0.1, 0.15) is 11.8 Å². The first-order valence-electron chi connectivity index (χ1n) is 5.01. The van der Waals surface area contributed by atoms with Gasteiger partial charge < -0.3 is 15.3 Å². The minimum absolute atomic E-state index is 0.0992. The van der Waals surface area contributed by atoms with Gasteiger partial charge in [0.15, 0.2) is 0 Å². The third kappa shape index (κ3) is 3.01. The second kappa shape index (κ2) is 5.40. The van der Waals surface area contributed by atoms with Crippen molar-refractivity contribution in [1.82, 2.24) is 4.98 Å². The molecule has 1 heterocycles. The molecular weight excluding hydrogens is 224 g/mol. The summed E-state index contributed by atoms with van der Waals surface area (Å²) in [6.45, 7) is 2.72. The van der Waals surface area contributed by atoms with Crippen molar-refractivity contribution in [2.45, 2.75) is 26.5 Å². The van der Waals surface area contributed by atoms with Crippen molar-refractivity contribution in [3.63, 3.8) is 0 Å². The van der Waals surface area contributed by atoms with E-state index in [-0.39, 0.29) is 12.4 Å².